The summed E-state index contributed by atoms with van der Waals surface area (Å²) >= 11 is 0. The Bertz CT molecular complexity index is 492. The molecule has 0 atom stereocenters. The topological polar surface area (TPSA) is 21.8 Å². The van der Waals surface area contributed by atoms with Crippen LogP contribution in [-0.4, -0.2) is 85.2 Å². The summed E-state index contributed by atoms with van der Waals surface area (Å²) in [4.78, 5) is 8.03. The molecule has 1 N–H and O–H groups in total. The SMILES string of the molecule is CN1CCC2(C1)CN(C(C)(C)CCC(C)(C)N1CC3(CCNC3)C1)C2. The Morgan fingerprint density at radius 3 is 1.80 bits per heavy atom. The van der Waals surface area contributed by atoms with Gasteiger partial charge in [-0.15, -0.1) is 0 Å². The smallest absolute Gasteiger partial charge is 0.0154 e. The third kappa shape index (κ3) is 3.28. The van der Waals surface area contributed by atoms with Gasteiger partial charge in [0.25, 0.3) is 0 Å². The summed E-state index contributed by atoms with van der Waals surface area (Å²) in [5.74, 6) is 0. The average Bonchev–Trinajstić information content (AvgIpc) is 3.09. The lowest BCUT2D eigenvalue weighted by atomic mass is 9.73. The van der Waals surface area contributed by atoms with E-state index in [2.05, 4.69) is 54.8 Å². The zero-order valence-electron chi connectivity index (χ0n) is 17.3. The van der Waals surface area contributed by atoms with Crippen LogP contribution in [0.15, 0.2) is 0 Å². The van der Waals surface area contributed by atoms with E-state index < -0.39 is 0 Å². The molecule has 4 heteroatoms. The van der Waals surface area contributed by atoms with Gasteiger partial charge in [-0.1, -0.05) is 0 Å². The highest BCUT2D eigenvalue weighted by atomic mass is 15.3. The van der Waals surface area contributed by atoms with E-state index in [4.69, 9.17) is 0 Å². The Morgan fingerprint density at radius 1 is 0.800 bits per heavy atom. The molecule has 0 aromatic carbocycles. The lowest BCUT2D eigenvalue weighted by Crippen LogP contribution is -2.66. The van der Waals surface area contributed by atoms with E-state index in [-0.39, 0.29) is 0 Å². The van der Waals surface area contributed by atoms with Crippen molar-refractivity contribution in [3.8, 4) is 0 Å². The minimum absolute atomic E-state index is 0.348. The van der Waals surface area contributed by atoms with Crippen molar-refractivity contribution in [1.29, 1.82) is 0 Å². The van der Waals surface area contributed by atoms with Gasteiger partial charge in [0.15, 0.2) is 0 Å². The zero-order valence-corrected chi connectivity index (χ0v) is 17.3. The second-order valence-corrected chi connectivity index (χ2v) is 11.3. The number of nitrogens with one attached hydrogen (secondary N) is 1. The summed E-state index contributed by atoms with van der Waals surface area (Å²) in [6, 6.07) is 0. The number of hydrogen-bond acceptors (Lipinski definition) is 4. The van der Waals surface area contributed by atoms with Crippen molar-refractivity contribution in [2.24, 2.45) is 10.8 Å². The molecule has 0 amide bonds. The van der Waals surface area contributed by atoms with E-state index in [1.165, 1.54) is 78.0 Å². The maximum absolute atomic E-state index is 3.56. The van der Waals surface area contributed by atoms with Gasteiger partial charge in [-0.3, -0.25) is 9.80 Å². The number of nitrogens with zero attached hydrogens (tertiary/aromatic N) is 3. The fourth-order valence-electron chi connectivity index (χ4n) is 5.79. The standard InChI is InChI=1S/C21H40N4/c1-18(2,24-14-20(15-24)8-10-22-12-20)6-7-19(3,4)25-16-21(17-25)9-11-23(5)13-21/h22H,6-17H2,1-5H3. The van der Waals surface area contributed by atoms with E-state index in [9.17, 15) is 0 Å². The molecule has 0 aromatic rings. The summed E-state index contributed by atoms with van der Waals surface area (Å²) in [6.07, 6.45) is 5.42. The summed E-state index contributed by atoms with van der Waals surface area (Å²) in [5.41, 5.74) is 1.94. The van der Waals surface area contributed by atoms with Crippen molar-refractivity contribution in [2.75, 3.05) is 59.4 Å². The van der Waals surface area contributed by atoms with Gasteiger partial charge >= 0.3 is 0 Å². The molecule has 4 fully saturated rings. The molecular formula is C21H40N4. The third-order valence-corrected chi connectivity index (χ3v) is 8.13. The number of hydrogen-bond donors (Lipinski definition) is 1. The van der Waals surface area contributed by atoms with Crippen LogP contribution in [0.4, 0.5) is 0 Å². The molecule has 25 heavy (non-hydrogen) atoms. The van der Waals surface area contributed by atoms with Gasteiger partial charge in [0, 0.05) is 61.2 Å². The molecule has 2 spiro atoms. The van der Waals surface area contributed by atoms with E-state index in [0.717, 1.165) is 0 Å². The van der Waals surface area contributed by atoms with Crippen molar-refractivity contribution in [2.45, 2.75) is 64.5 Å². The molecule has 4 rings (SSSR count). The molecule has 4 aliphatic heterocycles. The van der Waals surface area contributed by atoms with Crippen LogP contribution < -0.4 is 5.32 Å². The van der Waals surface area contributed by atoms with Crippen molar-refractivity contribution in [3.05, 3.63) is 0 Å². The molecule has 4 nitrogen and oxygen atoms in total. The Labute approximate surface area is 155 Å². The molecule has 0 aromatic heterocycles. The summed E-state index contributed by atoms with van der Waals surface area (Å²) < 4.78 is 0. The van der Waals surface area contributed by atoms with Gasteiger partial charge in [0.2, 0.25) is 0 Å². The molecule has 4 heterocycles. The van der Waals surface area contributed by atoms with Crippen LogP contribution in [0.3, 0.4) is 0 Å². The van der Waals surface area contributed by atoms with Crippen LogP contribution in [0.1, 0.15) is 53.4 Å². The predicted octanol–water partition coefficient (Wildman–Crippen LogP) is 2.26. The first-order chi connectivity index (χ1) is 11.6. The first kappa shape index (κ1) is 18.2. The molecule has 0 saturated carbocycles. The van der Waals surface area contributed by atoms with E-state index in [0.29, 0.717) is 21.9 Å². The van der Waals surface area contributed by atoms with E-state index in [1.54, 1.807) is 0 Å². The number of rotatable bonds is 5. The highest BCUT2D eigenvalue weighted by molar-refractivity contribution is 5.07. The second kappa shape index (κ2) is 5.92. The third-order valence-electron chi connectivity index (χ3n) is 8.13. The van der Waals surface area contributed by atoms with Crippen molar-refractivity contribution >= 4 is 0 Å². The zero-order chi connectivity index (χ0) is 17.9. The normalized spacial score (nSPS) is 30.1. The molecule has 0 bridgehead atoms. The summed E-state index contributed by atoms with van der Waals surface area (Å²) in [7, 11) is 2.28. The van der Waals surface area contributed by atoms with Gasteiger partial charge < -0.3 is 10.2 Å². The van der Waals surface area contributed by atoms with Crippen LogP contribution in [0.25, 0.3) is 0 Å². The van der Waals surface area contributed by atoms with Crippen molar-refractivity contribution in [1.82, 2.24) is 20.0 Å². The maximum atomic E-state index is 3.56. The van der Waals surface area contributed by atoms with E-state index in [1.807, 2.05) is 0 Å². The van der Waals surface area contributed by atoms with Crippen LogP contribution in [0, 0.1) is 10.8 Å². The van der Waals surface area contributed by atoms with Gasteiger partial charge in [-0.05, 0) is 73.5 Å². The Balaban J connectivity index is 1.26. The van der Waals surface area contributed by atoms with Crippen molar-refractivity contribution < 1.29 is 0 Å². The first-order valence-corrected chi connectivity index (χ1v) is 10.5. The van der Waals surface area contributed by atoms with Crippen LogP contribution >= 0.6 is 0 Å². The van der Waals surface area contributed by atoms with E-state index >= 15 is 0 Å². The molecule has 0 unspecified atom stereocenters. The Hall–Kier alpha value is -0.160. The van der Waals surface area contributed by atoms with Crippen LogP contribution in [0.5, 0.6) is 0 Å². The minimum Gasteiger partial charge on any atom is -0.316 e. The highest BCUT2D eigenvalue weighted by Crippen LogP contribution is 2.45. The van der Waals surface area contributed by atoms with Gasteiger partial charge in [0.1, 0.15) is 0 Å². The largest absolute Gasteiger partial charge is 0.316 e. The molecule has 4 aliphatic rings. The monoisotopic (exact) mass is 348 g/mol. The molecule has 144 valence electrons. The average molecular weight is 349 g/mol. The predicted molar refractivity (Wildman–Crippen MR) is 105 cm³/mol. The van der Waals surface area contributed by atoms with Gasteiger partial charge in [-0.2, -0.15) is 0 Å². The molecule has 4 saturated heterocycles. The molecule has 0 radical (unpaired) electrons. The second-order valence-electron chi connectivity index (χ2n) is 11.3. The van der Waals surface area contributed by atoms with Crippen LogP contribution in [-0.2, 0) is 0 Å². The first-order valence-electron chi connectivity index (χ1n) is 10.5. The van der Waals surface area contributed by atoms with Gasteiger partial charge in [-0.25, -0.2) is 0 Å². The summed E-state index contributed by atoms with van der Waals surface area (Å²) in [5, 5.41) is 3.56. The highest BCUT2D eigenvalue weighted by Gasteiger charge is 2.52. The Morgan fingerprint density at radius 2 is 1.36 bits per heavy atom. The quantitative estimate of drug-likeness (QED) is 0.823. The lowest BCUT2D eigenvalue weighted by molar-refractivity contribution is -0.0825. The fraction of sp³-hybridized carbons (Fsp3) is 1.00. The molecular weight excluding hydrogens is 308 g/mol. The lowest BCUT2D eigenvalue weighted by Gasteiger charge is -2.58. The van der Waals surface area contributed by atoms with Crippen LogP contribution in [0.2, 0.25) is 0 Å². The number of likely N-dealkylation sites (tertiary alicyclic amines) is 3. The maximum Gasteiger partial charge on any atom is 0.0154 e. The Kier molecular flexibility index (Phi) is 4.31. The fourth-order valence-corrected chi connectivity index (χ4v) is 5.79. The molecule has 0 aliphatic carbocycles. The minimum atomic E-state index is 0.348. The van der Waals surface area contributed by atoms with Crippen molar-refractivity contribution in [3.63, 3.8) is 0 Å². The van der Waals surface area contributed by atoms with Gasteiger partial charge in [0.05, 0.1) is 0 Å². The summed E-state index contributed by atoms with van der Waals surface area (Å²) in [6.45, 7) is 20.3.